The molecule has 1 aliphatic heterocycles. The lowest BCUT2D eigenvalue weighted by Crippen LogP contribution is -2.50. The fourth-order valence-electron chi connectivity index (χ4n) is 4.05. The van der Waals surface area contributed by atoms with Crippen molar-refractivity contribution in [2.75, 3.05) is 18.0 Å². The van der Waals surface area contributed by atoms with Crippen LogP contribution in [0.4, 0.5) is 10.6 Å². The van der Waals surface area contributed by atoms with Gasteiger partial charge in [0, 0.05) is 30.0 Å². The predicted molar refractivity (Wildman–Crippen MR) is 115 cm³/mol. The van der Waals surface area contributed by atoms with Gasteiger partial charge in [-0.25, -0.2) is 14.8 Å². The van der Waals surface area contributed by atoms with Gasteiger partial charge in [-0.2, -0.15) is 0 Å². The number of ether oxygens (including phenoxy) is 1. The quantitative estimate of drug-likeness (QED) is 0.717. The number of fused-ring (bicyclic) bond motifs is 1. The molecule has 2 aromatic carbocycles. The summed E-state index contributed by atoms with van der Waals surface area (Å²) in [6.45, 7) is 7.49. The van der Waals surface area contributed by atoms with Crippen molar-refractivity contribution in [3.8, 4) is 11.3 Å². The molecule has 6 heteroatoms. The van der Waals surface area contributed by atoms with Gasteiger partial charge < -0.3 is 15.4 Å². The Bertz CT molecular complexity index is 1060. The van der Waals surface area contributed by atoms with E-state index in [0.29, 0.717) is 13.0 Å². The maximum absolute atomic E-state index is 11.6. The largest absolute Gasteiger partial charge is 0.441 e. The standard InChI is InChI=1S/C23H26N4O2/c1-22(2,3)23(29-21(24)28)10-11-27(14-23)20-13-19(25-15-26-20)18-9-8-16-6-4-5-7-17(16)12-18/h4-9,12-13,15H,10-11,14H2,1-3H3,(H2,24,28). The minimum Gasteiger partial charge on any atom is -0.441 e. The maximum atomic E-state index is 11.6. The molecule has 0 saturated carbocycles. The topological polar surface area (TPSA) is 81.3 Å². The fourth-order valence-corrected chi connectivity index (χ4v) is 4.05. The van der Waals surface area contributed by atoms with E-state index in [1.54, 1.807) is 6.33 Å². The van der Waals surface area contributed by atoms with Gasteiger partial charge in [0.15, 0.2) is 0 Å². The molecule has 2 N–H and O–H groups in total. The van der Waals surface area contributed by atoms with Gasteiger partial charge in [0.2, 0.25) is 0 Å². The van der Waals surface area contributed by atoms with Crippen molar-refractivity contribution in [1.29, 1.82) is 0 Å². The Morgan fingerprint density at radius 2 is 1.86 bits per heavy atom. The molecule has 1 fully saturated rings. The molecule has 0 spiro atoms. The highest BCUT2D eigenvalue weighted by Gasteiger charge is 2.50. The molecule has 0 radical (unpaired) electrons. The van der Waals surface area contributed by atoms with Gasteiger partial charge in [-0.05, 0) is 16.8 Å². The van der Waals surface area contributed by atoms with Crippen molar-refractivity contribution in [1.82, 2.24) is 9.97 Å². The van der Waals surface area contributed by atoms with E-state index < -0.39 is 11.7 Å². The first-order valence-corrected chi connectivity index (χ1v) is 9.82. The van der Waals surface area contributed by atoms with Crippen molar-refractivity contribution in [2.24, 2.45) is 11.1 Å². The lowest BCUT2D eigenvalue weighted by atomic mass is 9.75. The second-order valence-corrected chi connectivity index (χ2v) is 8.66. The Morgan fingerprint density at radius 3 is 2.59 bits per heavy atom. The van der Waals surface area contributed by atoms with Crippen LogP contribution in [0.25, 0.3) is 22.0 Å². The average Bonchev–Trinajstić information content (AvgIpc) is 3.12. The molecular weight excluding hydrogens is 364 g/mol. The Kier molecular flexibility index (Phi) is 4.65. The van der Waals surface area contributed by atoms with Crippen LogP contribution in [0.1, 0.15) is 27.2 Å². The molecule has 2 heterocycles. The molecule has 6 nitrogen and oxygen atoms in total. The van der Waals surface area contributed by atoms with E-state index in [9.17, 15) is 4.79 Å². The van der Waals surface area contributed by atoms with Crippen molar-refractivity contribution in [3.05, 3.63) is 54.9 Å². The molecule has 150 valence electrons. The minimum atomic E-state index is -0.735. The molecule has 0 bridgehead atoms. The predicted octanol–water partition coefficient (Wildman–Crippen LogP) is 4.39. The summed E-state index contributed by atoms with van der Waals surface area (Å²) >= 11 is 0. The summed E-state index contributed by atoms with van der Waals surface area (Å²) in [5.41, 5.74) is 6.40. The minimum absolute atomic E-state index is 0.245. The first-order chi connectivity index (χ1) is 13.8. The van der Waals surface area contributed by atoms with Crippen LogP contribution >= 0.6 is 0 Å². The smallest absolute Gasteiger partial charge is 0.405 e. The van der Waals surface area contributed by atoms with Crippen LogP contribution < -0.4 is 10.6 Å². The average molecular weight is 390 g/mol. The second-order valence-electron chi connectivity index (χ2n) is 8.66. The van der Waals surface area contributed by atoms with Gasteiger partial charge in [-0.1, -0.05) is 57.2 Å². The number of benzene rings is 2. The first-order valence-electron chi connectivity index (χ1n) is 9.82. The Morgan fingerprint density at radius 1 is 1.10 bits per heavy atom. The summed E-state index contributed by atoms with van der Waals surface area (Å²) < 4.78 is 5.63. The van der Waals surface area contributed by atoms with Gasteiger partial charge in [0.1, 0.15) is 17.7 Å². The summed E-state index contributed by atoms with van der Waals surface area (Å²) in [5.74, 6) is 0.822. The first kappa shape index (κ1) is 19.2. The van der Waals surface area contributed by atoms with E-state index in [2.05, 4.69) is 66.0 Å². The Hall–Kier alpha value is -3.15. The number of carbonyl (C=O) groups is 1. The van der Waals surface area contributed by atoms with E-state index in [4.69, 9.17) is 10.5 Å². The Labute approximate surface area is 170 Å². The van der Waals surface area contributed by atoms with Crippen molar-refractivity contribution in [3.63, 3.8) is 0 Å². The third-order valence-corrected chi connectivity index (χ3v) is 5.92. The Balaban J connectivity index is 1.64. The van der Waals surface area contributed by atoms with Crippen LogP contribution in [0.3, 0.4) is 0 Å². The number of aromatic nitrogens is 2. The highest BCUT2D eigenvalue weighted by molar-refractivity contribution is 5.86. The zero-order valence-corrected chi connectivity index (χ0v) is 17.1. The maximum Gasteiger partial charge on any atom is 0.405 e. The molecule has 3 aromatic rings. The molecule has 1 saturated heterocycles. The summed E-state index contributed by atoms with van der Waals surface area (Å²) in [6, 6.07) is 16.6. The third kappa shape index (κ3) is 3.62. The van der Waals surface area contributed by atoms with Crippen molar-refractivity contribution < 1.29 is 9.53 Å². The monoisotopic (exact) mass is 390 g/mol. The van der Waals surface area contributed by atoms with Crippen molar-refractivity contribution >= 4 is 22.7 Å². The number of rotatable bonds is 3. The van der Waals surface area contributed by atoms with Crippen LogP contribution in [-0.2, 0) is 4.74 Å². The third-order valence-electron chi connectivity index (χ3n) is 5.92. The molecule has 29 heavy (non-hydrogen) atoms. The molecule has 1 aliphatic rings. The van der Waals surface area contributed by atoms with Crippen LogP contribution in [0.15, 0.2) is 54.9 Å². The van der Waals surface area contributed by atoms with Crippen LogP contribution in [-0.4, -0.2) is 34.8 Å². The molecule has 4 rings (SSSR count). The van der Waals surface area contributed by atoms with E-state index in [-0.39, 0.29) is 5.41 Å². The second kappa shape index (κ2) is 7.03. The normalized spacial score (nSPS) is 19.5. The number of nitrogens with zero attached hydrogens (tertiary/aromatic N) is 3. The van der Waals surface area contributed by atoms with Crippen LogP contribution in [0, 0.1) is 5.41 Å². The zero-order valence-electron chi connectivity index (χ0n) is 17.1. The number of nitrogens with two attached hydrogens (primary N) is 1. The van der Waals surface area contributed by atoms with Gasteiger partial charge in [0.05, 0.1) is 12.2 Å². The summed E-state index contributed by atoms with van der Waals surface area (Å²) in [4.78, 5) is 22.6. The molecule has 1 amide bonds. The molecular formula is C23H26N4O2. The fraction of sp³-hybridized carbons (Fsp3) is 0.348. The SMILES string of the molecule is CC(C)(C)C1(OC(N)=O)CCN(c2cc(-c3ccc4ccccc4c3)ncn2)C1. The lowest BCUT2D eigenvalue weighted by molar-refractivity contribution is -0.0476. The van der Waals surface area contributed by atoms with Crippen LogP contribution in [0.5, 0.6) is 0 Å². The summed E-state index contributed by atoms with van der Waals surface area (Å²) in [5, 5.41) is 2.37. The summed E-state index contributed by atoms with van der Waals surface area (Å²) in [7, 11) is 0. The number of hydrogen-bond donors (Lipinski definition) is 1. The van der Waals surface area contributed by atoms with Gasteiger partial charge in [0.25, 0.3) is 0 Å². The summed E-state index contributed by atoms with van der Waals surface area (Å²) in [6.07, 6.45) is 1.56. The number of anilines is 1. The number of carbonyl (C=O) groups excluding carboxylic acids is 1. The highest BCUT2D eigenvalue weighted by atomic mass is 16.6. The zero-order chi connectivity index (χ0) is 20.6. The molecule has 0 aliphatic carbocycles. The van der Waals surface area contributed by atoms with E-state index in [1.807, 2.05) is 18.2 Å². The highest BCUT2D eigenvalue weighted by Crippen LogP contribution is 2.42. The van der Waals surface area contributed by atoms with Gasteiger partial charge >= 0.3 is 6.09 Å². The lowest BCUT2D eigenvalue weighted by Gasteiger charge is -2.40. The number of hydrogen-bond acceptors (Lipinski definition) is 5. The van der Waals surface area contributed by atoms with E-state index in [0.717, 1.165) is 23.6 Å². The van der Waals surface area contributed by atoms with E-state index in [1.165, 1.54) is 10.8 Å². The van der Waals surface area contributed by atoms with Gasteiger partial charge in [-0.3, -0.25) is 0 Å². The van der Waals surface area contributed by atoms with Crippen LogP contribution in [0.2, 0.25) is 0 Å². The number of primary amides is 1. The molecule has 1 aromatic heterocycles. The van der Waals surface area contributed by atoms with Crippen molar-refractivity contribution in [2.45, 2.75) is 32.8 Å². The molecule has 1 atom stereocenters. The van der Waals surface area contributed by atoms with E-state index >= 15 is 0 Å². The molecule has 1 unspecified atom stereocenters. The van der Waals surface area contributed by atoms with Gasteiger partial charge in [-0.15, -0.1) is 0 Å². The number of amides is 1.